The Balaban J connectivity index is 1.48. The molecule has 3 aromatic carbocycles. The van der Waals surface area contributed by atoms with E-state index < -0.39 is 24.1 Å². The topological polar surface area (TPSA) is 80.9 Å². The summed E-state index contributed by atoms with van der Waals surface area (Å²) in [5.41, 5.74) is 2.91. The summed E-state index contributed by atoms with van der Waals surface area (Å²) in [6.07, 6.45) is -2.38. The van der Waals surface area contributed by atoms with Gasteiger partial charge in [0.25, 0.3) is 5.79 Å². The van der Waals surface area contributed by atoms with E-state index >= 15 is 0 Å². The molecule has 170 valence electrons. The average Bonchev–Trinajstić information content (AvgIpc) is 3.14. The van der Waals surface area contributed by atoms with Crippen LogP contribution in [0.2, 0.25) is 0 Å². The molecule has 1 saturated heterocycles. The van der Waals surface area contributed by atoms with Crippen LogP contribution in [-0.4, -0.2) is 35.8 Å². The summed E-state index contributed by atoms with van der Waals surface area (Å²) in [5, 5.41) is 20.7. The highest BCUT2D eigenvalue weighted by Crippen LogP contribution is 2.35. The Labute approximate surface area is 193 Å². The monoisotopic (exact) mass is 445 g/mol. The van der Waals surface area contributed by atoms with Crippen molar-refractivity contribution in [2.24, 2.45) is 0 Å². The van der Waals surface area contributed by atoms with Gasteiger partial charge in [-0.25, -0.2) is 0 Å². The third kappa shape index (κ3) is 6.05. The predicted octanol–water partition coefficient (Wildman–Crippen LogP) is 3.98. The Morgan fingerprint density at radius 3 is 1.76 bits per heavy atom. The van der Waals surface area contributed by atoms with Gasteiger partial charge in [-0.1, -0.05) is 91.0 Å². The van der Waals surface area contributed by atoms with Crippen LogP contribution in [-0.2, 0) is 38.8 Å². The first-order valence-electron chi connectivity index (χ1n) is 10.9. The van der Waals surface area contributed by atoms with Crippen LogP contribution in [0.25, 0.3) is 0 Å². The van der Waals surface area contributed by atoms with E-state index in [0.29, 0.717) is 6.61 Å². The molecule has 0 radical (unpaired) electrons. The van der Waals surface area contributed by atoms with E-state index in [1.54, 1.807) is 0 Å². The van der Waals surface area contributed by atoms with Crippen molar-refractivity contribution in [3.05, 3.63) is 108 Å². The van der Waals surface area contributed by atoms with Gasteiger partial charge in [0.1, 0.15) is 18.3 Å². The van der Waals surface area contributed by atoms with Crippen molar-refractivity contribution in [2.45, 2.75) is 43.9 Å². The molecule has 1 N–H and O–H groups in total. The molecule has 0 spiro atoms. The summed E-state index contributed by atoms with van der Waals surface area (Å²) in [5.74, 6) is -2.14. The van der Waals surface area contributed by atoms with Crippen LogP contribution in [0.15, 0.2) is 91.0 Å². The lowest BCUT2D eigenvalue weighted by Gasteiger charge is -2.25. The van der Waals surface area contributed by atoms with Crippen molar-refractivity contribution in [1.82, 2.24) is 0 Å². The minimum atomic E-state index is -2.14. The summed E-state index contributed by atoms with van der Waals surface area (Å²) in [6, 6.07) is 30.9. The standard InChI is InChI=1S/C27H27NO5/c28-20-27(29)26(32-18-23-14-8-3-9-15-23)25(31-17-22-12-6-2-7-13-22)24(33-27)19-30-16-21-10-4-1-5-11-21/h1-15,24-26,29H,16-19H2/t24-,25-,26-,27-/m1/s1. The highest BCUT2D eigenvalue weighted by Gasteiger charge is 2.57. The smallest absolute Gasteiger partial charge is 0.287 e. The molecule has 1 aliphatic heterocycles. The molecule has 4 atom stereocenters. The van der Waals surface area contributed by atoms with Gasteiger partial charge in [-0.2, -0.15) is 5.26 Å². The maximum Gasteiger partial charge on any atom is 0.287 e. The van der Waals surface area contributed by atoms with Gasteiger partial charge in [0.15, 0.2) is 6.10 Å². The normalized spacial score (nSPS) is 24.4. The molecule has 6 nitrogen and oxygen atoms in total. The largest absolute Gasteiger partial charge is 0.374 e. The van der Waals surface area contributed by atoms with Gasteiger partial charge in [0, 0.05) is 0 Å². The lowest BCUT2D eigenvalue weighted by Crippen LogP contribution is -2.45. The first-order valence-corrected chi connectivity index (χ1v) is 10.9. The van der Waals surface area contributed by atoms with E-state index in [1.165, 1.54) is 0 Å². The Morgan fingerprint density at radius 1 is 0.758 bits per heavy atom. The zero-order valence-corrected chi connectivity index (χ0v) is 18.2. The lowest BCUT2D eigenvalue weighted by molar-refractivity contribution is -0.206. The van der Waals surface area contributed by atoms with Gasteiger partial charge in [-0.15, -0.1) is 0 Å². The third-order valence-corrected chi connectivity index (χ3v) is 5.49. The molecular formula is C27H27NO5. The Morgan fingerprint density at radius 2 is 1.24 bits per heavy atom. The number of aliphatic hydroxyl groups is 1. The molecule has 0 aliphatic carbocycles. The second kappa shape index (κ2) is 11.2. The maximum absolute atomic E-state index is 10.9. The quantitative estimate of drug-likeness (QED) is 0.476. The van der Waals surface area contributed by atoms with Gasteiger partial charge in [-0.05, 0) is 16.7 Å². The second-order valence-corrected chi connectivity index (χ2v) is 7.94. The van der Waals surface area contributed by atoms with Crippen molar-refractivity contribution in [3.8, 4) is 6.07 Å². The molecule has 33 heavy (non-hydrogen) atoms. The molecule has 1 heterocycles. The van der Waals surface area contributed by atoms with Gasteiger partial charge in [-0.3, -0.25) is 0 Å². The van der Waals surface area contributed by atoms with Gasteiger partial charge in [0.2, 0.25) is 0 Å². The maximum atomic E-state index is 10.9. The van der Waals surface area contributed by atoms with Crippen LogP contribution < -0.4 is 0 Å². The highest BCUT2D eigenvalue weighted by atomic mass is 16.7. The SMILES string of the molecule is N#C[C@@]1(O)O[C@H](COCc2ccccc2)[C@@H](OCc2ccccc2)[C@H]1OCc1ccccc1. The van der Waals surface area contributed by atoms with Crippen LogP contribution in [0, 0.1) is 11.3 Å². The Bertz CT molecular complexity index is 1020. The molecule has 0 unspecified atom stereocenters. The highest BCUT2D eigenvalue weighted by molar-refractivity contribution is 5.16. The number of nitriles is 1. The summed E-state index contributed by atoms with van der Waals surface area (Å²) >= 11 is 0. The molecular weight excluding hydrogens is 418 g/mol. The number of nitrogens with zero attached hydrogens (tertiary/aromatic N) is 1. The third-order valence-electron chi connectivity index (χ3n) is 5.49. The minimum absolute atomic E-state index is 0.142. The summed E-state index contributed by atoms with van der Waals surface area (Å²) in [7, 11) is 0. The number of hydrogen-bond acceptors (Lipinski definition) is 6. The second-order valence-electron chi connectivity index (χ2n) is 7.94. The molecule has 0 aromatic heterocycles. The number of rotatable bonds is 10. The fourth-order valence-corrected chi connectivity index (χ4v) is 3.80. The summed E-state index contributed by atoms with van der Waals surface area (Å²) < 4.78 is 23.8. The van der Waals surface area contributed by atoms with Crippen LogP contribution >= 0.6 is 0 Å². The van der Waals surface area contributed by atoms with E-state index in [2.05, 4.69) is 0 Å². The molecule has 1 aliphatic rings. The summed E-state index contributed by atoms with van der Waals surface area (Å²) in [6.45, 7) is 1.02. The van der Waals surface area contributed by atoms with Gasteiger partial charge < -0.3 is 24.1 Å². The number of benzene rings is 3. The van der Waals surface area contributed by atoms with Crippen molar-refractivity contribution in [2.75, 3.05) is 6.61 Å². The molecule has 0 saturated carbocycles. The fraction of sp³-hybridized carbons (Fsp3) is 0.296. The van der Waals surface area contributed by atoms with Gasteiger partial charge in [0.05, 0.1) is 26.4 Å². The van der Waals surface area contributed by atoms with Gasteiger partial charge >= 0.3 is 0 Å². The van der Waals surface area contributed by atoms with Crippen molar-refractivity contribution in [3.63, 3.8) is 0 Å². The van der Waals surface area contributed by atoms with Crippen molar-refractivity contribution in [1.29, 1.82) is 5.26 Å². The Kier molecular flexibility index (Phi) is 7.84. The minimum Gasteiger partial charge on any atom is -0.374 e. The van der Waals surface area contributed by atoms with E-state index in [9.17, 15) is 10.4 Å². The first kappa shape index (κ1) is 23.1. The molecule has 0 bridgehead atoms. The predicted molar refractivity (Wildman–Crippen MR) is 122 cm³/mol. The molecule has 3 aromatic rings. The van der Waals surface area contributed by atoms with Crippen LogP contribution in [0.1, 0.15) is 16.7 Å². The van der Waals surface area contributed by atoms with Crippen LogP contribution in [0.5, 0.6) is 0 Å². The molecule has 6 heteroatoms. The average molecular weight is 446 g/mol. The molecule has 1 fully saturated rings. The number of ether oxygens (including phenoxy) is 4. The van der Waals surface area contributed by atoms with Crippen molar-refractivity contribution >= 4 is 0 Å². The zero-order valence-electron chi connectivity index (χ0n) is 18.2. The summed E-state index contributed by atoms with van der Waals surface area (Å²) in [4.78, 5) is 0. The van der Waals surface area contributed by atoms with E-state index in [4.69, 9.17) is 18.9 Å². The van der Waals surface area contributed by atoms with E-state index in [1.807, 2.05) is 97.1 Å². The zero-order chi connectivity index (χ0) is 22.9. The Hall–Kier alpha value is -3.05. The molecule has 4 rings (SSSR count). The van der Waals surface area contributed by atoms with E-state index in [0.717, 1.165) is 16.7 Å². The molecule has 0 amide bonds. The fourth-order valence-electron chi connectivity index (χ4n) is 3.80. The van der Waals surface area contributed by atoms with Crippen LogP contribution in [0.3, 0.4) is 0 Å². The van der Waals surface area contributed by atoms with E-state index in [-0.39, 0.29) is 19.8 Å². The van der Waals surface area contributed by atoms with Crippen molar-refractivity contribution < 1.29 is 24.1 Å². The lowest BCUT2D eigenvalue weighted by atomic mass is 10.1. The van der Waals surface area contributed by atoms with Crippen LogP contribution in [0.4, 0.5) is 0 Å². The number of hydrogen-bond donors (Lipinski definition) is 1. The first-order chi connectivity index (χ1) is 16.2.